The molecule has 17 heavy (non-hydrogen) atoms. The Hall–Kier alpha value is -0.570. The van der Waals surface area contributed by atoms with Crippen molar-refractivity contribution in [3.8, 4) is 0 Å². The summed E-state index contributed by atoms with van der Waals surface area (Å²) in [4.78, 5) is 13.9. The Kier molecular flexibility index (Phi) is 4.99. The summed E-state index contributed by atoms with van der Waals surface area (Å²) in [7, 11) is 1.99. The van der Waals surface area contributed by atoms with Gasteiger partial charge in [-0.1, -0.05) is 40.0 Å². The van der Waals surface area contributed by atoms with Crippen molar-refractivity contribution < 1.29 is 9.90 Å². The van der Waals surface area contributed by atoms with Crippen LogP contribution in [0.1, 0.15) is 52.9 Å². The molecule has 100 valence electrons. The van der Waals surface area contributed by atoms with Gasteiger partial charge in [0.2, 0.25) is 0 Å². The van der Waals surface area contributed by atoms with Crippen molar-refractivity contribution in [3.63, 3.8) is 0 Å². The van der Waals surface area contributed by atoms with Crippen LogP contribution in [0, 0.1) is 11.8 Å². The lowest BCUT2D eigenvalue weighted by Gasteiger charge is -2.46. The van der Waals surface area contributed by atoms with E-state index >= 15 is 0 Å². The Labute approximate surface area is 105 Å². The van der Waals surface area contributed by atoms with Crippen LogP contribution in [0.4, 0.5) is 0 Å². The highest BCUT2D eigenvalue weighted by Crippen LogP contribution is 2.38. The molecule has 0 aliphatic heterocycles. The second-order valence-electron chi connectivity index (χ2n) is 5.77. The van der Waals surface area contributed by atoms with Crippen molar-refractivity contribution in [2.75, 3.05) is 13.6 Å². The zero-order valence-electron chi connectivity index (χ0n) is 11.7. The number of likely N-dealkylation sites (N-methyl/N-ethyl adjacent to an activating group) is 1. The van der Waals surface area contributed by atoms with Gasteiger partial charge in [-0.25, -0.2) is 0 Å². The Morgan fingerprint density at radius 2 is 2.18 bits per heavy atom. The van der Waals surface area contributed by atoms with E-state index in [1.165, 1.54) is 6.42 Å². The monoisotopic (exact) mass is 241 g/mol. The molecule has 1 rings (SSSR count). The number of hydrogen-bond acceptors (Lipinski definition) is 2. The van der Waals surface area contributed by atoms with Crippen molar-refractivity contribution >= 4 is 5.97 Å². The van der Waals surface area contributed by atoms with E-state index < -0.39 is 11.5 Å². The number of hydrogen-bond donors (Lipinski definition) is 1. The van der Waals surface area contributed by atoms with Gasteiger partial charge in [0.25, 0.3) is 0 Å². The highest BCUT2D eigenvalue weighted by molar-refractivity contribution is 5.79. The van der Waals surface area contributed by atoms with Gasteiger partial charge >= 0.3 is 5.97 Å². The van der Waals surface area contributed by atoms with Gasteiger partial charge in [-0.3, -0.25) is 9.69 Å². The minimum atomic E-state index is -0.629. The maximum absolute atomic E-state index is 11.8. The Morgan fingerprint density at radius 3 is 2.65 bits per heavy atom. The number of carboxylic acids is 1. The van der Waals surface area contributed by atoms with E-state index in [0.29, 0.717) is 5.92 Å². The molecular formula is C14H27NO2. The SMILES string of the molecule is CCC(C)CN(C)C1(C(=O)O)CCCCC1C. The Balaban J connectivity index is 2.86. The zero-order chi connectivity index (χ0) is 13.1. The quantitative estimate of drug-likeness (QED) is 0.804. The van der Waals surface area contributed by atoms with Gasteiger partial charge in [0.05, 0.1) is 0 Å². The van der Waals surface area contributed by atoms with Crippen molar-refractivity contribution in [2.24, 2.45) is 11.8 Å². The van der Waals surface area contributed by atoms with Crippen LogP contribution >= 0.6 is 0 Å². The third-order valence-electron chi connectivity index (χ3n) is 4.59. The van der Waals surface area contributed by atoms with Crippen LogP contribution in [0.15, 0.2) is 0 Å². The third-order valence-corrected chi connectivity index (χ3v) is 4.59. The topological polar surface area (TPSA) is 40.5 Å². The Morgan fingerprint density at radius 1 is 1.53 bits per heavy atom. The number of aliphatic carboxylic acids is 1. The smallest absolute Gasteiger partial charge is 0.324 e. The average Bonchev–Trinajstić information content (AvgIpc) is 2.28. The molecule has 0 aromatic rings. The molecule has 0 radical (unpaired) electrons. The minimum absolute atomic E-state index is 0.253. The lowest BCUT2D eigenvalue weighted by molar-refractivity contribution is -0.157. The molecule has 0 spiro atoms. The van der Waals surface area contributed by atoms with Crippen LogP contribution in [-0.4, -0.2) is 35.1 Å². The van der Waals surface area contributed by atoms with Crippen LogP contribution in [0.2, 0.25) is 0 Å². The molecule has 1 fully saturated rings. The molecule has 0 bridgehead atoms. The fourth-order valence-corrected chi connectivity index (χ4v) is 3.14. The number of nitrogens with zero attached hydrogens (tertiary/aromatic N) is 1. The number of carbonyl (C=O) groups is 1. The van der Waals surface area contributed by atoms with E-state index in [2.05, 4.69) is 25.7 Å². The Bertz CT molecular complexity index is 267. The van der Waals surface area contributed by atoms with Crippen molar-refractivity contribution in [1.29, 1.82) is 0 Å². The van der Waals surface area contributed by atoms with Crippen LogP contribution in [0.5, 0.6) is 0 Å². The van der Waals surface area contributed by atoms with E-state index in [-0.39, 0.29) is 5.92 Å². The molecular weight excluding hydrogens is 214 g/mol. The zero-order valence-corrected chi connectivity index (χ0v) is 11.7. The average molecular weight is 241 g/mol. The first kappa shape index (κ1) is 14.5. The van der Waals surface area contributed by atoms with Gasteiger partial charge in [0.15, 0.2) is 0 Å². The van der Waals surface area contributed by atoms with Gasteiger partial charge in [-0.05, 0) is 31.7 Å². The molecule has 0 amide bonds. The van der Waals surface area contributed by atoms with Gasteiger partial charge < -0.3 is 5.11 Å². The molecule has 0 saturated heterocycles. The summed E-state index contributed by atoms with van der Waals surface area (Å²) >= 11 is 0. The van der Waals surface area contributed by atoms with E-state index in [1.807, 2.05) is 7.05 Å². The minimum Gasteiger partial charge on any atom is -0.480 e. The van der Waals surface area contributed by atoms with Crippen molar-refractivity contribution in [3.05, 3.63) is 0 Å². The molecule has 0 heterocycles. The largest absolute Gasteiger partial charge is 0.480 e. The number of rotatable bonds is 5. The fourth-order valence-electron chi connectivity index (χ4n) is 3.14. The summed E-state index contributed by atoms with van der Waals surface area (Å²) in [6.07, 6.45) is 5.16. The maximum Gasteiger partial charge on any atom is 0.324 e. The highest BCUT2D eigenvalue weighted by atomic mass is 16.4. The normalized spacial score (nSPS) is 31.5. The van der Waals surface area contributed by atoms with E-state index in [0.717, 1.165) is 32.2 Å². The van der Waals surface area contributed by atoms with Gasteiger partial charge in [0, 0.05) is 6.54 Å². The second-order valence-corrected chi connectivity index (χ2v) is 5.77. The molecule has 3 heteroatoms. The van der Waals surface area contributed by atoms with Gasteiger partial charge in [-0.15, -0.1) is 0 Å². The predicted octanol–water partition coefficient (Wildman–Crippen LogP) is 3.00. The predicted molar refractivity (Wildman–Crippen MR) is 70.1 cm³/mol. The van der Waals surface area contributed by atoms with Crippen LogP contribution in [-0.2, 0) is 4.79 Å². The second kappa shape index (κ2) is 5.85. The number of carboxylic acid groups (broad SMARTS) is 1. The molecule has 0 aromatic carbocycles. The standard InChI is InChI=1S/C14H27NO2/c1-5-11(2)10-15(4)14(13(16)17)9-7-6-8-12(14)3/h11-12H,5-10H2,1-4H3,(H,16,17). The molecule has 1 N–H and O–H groups in total. The molecule has 3 nitrogen and oxygen atoms in total. The van der Waals surface area contributed by atoms with Gasteiger partial charge in [0.1, 0.15) is 5.54 Å². The first-order valence-corrected chi connectivity index (χ1v) is 6.89. The lowest BCUT2D eigenvalue weighted by atomic mass is 9.72. The fraction of sp³-hybridized carbons (Fsp3) is 0.929. The third kappa shape index (κ3) is 2.82. The summed E-state index contributed by atoms with van der Waals surface area (Å²) in [6, 6.07) is 0. The molecule has 1 aliphatic rings. The van der Waals surface area contributed by atoms with Crippen molar-refractivity contribution in [1.82, 2.24) is 4.90 Å². The first-order valence-electron chi connectivity index (χ1n) is 6.89. The van der Waals surface area contributed by atoms with Crippen molar-refractivity contribution in [2.45, 2.75) is 58.4 Å². The molecule has 3 atom stereocenters. The summed E-state index contributed by atoms with van der Waals surface area (Å²) in [5.41, 5.74) is -0.623. The summed E-state index contributed by atoms with van der Waals surface area (Å²) in [6.45, 7) is 7.34. The summed E-state index contributed by atoms with van der Waals surface area (Å²) in [5, 5.41) is 9.67. The maximum atomic E-state index is 11.8. The molecule has 1 aliphatic carbocycles. The van der Waals surface area contributed by atoms with Crippen LogP contribution in [0.3, 0.4) is 0 Å². The van der Waals surface area contributed by atoms with E-state index in [4.69, 9.17) is 0 Å². The molecule has 3 unspecified atom stereocenters. The summed E-state index contributed by atoms with van der Waals surface area (Å²) < 4.78 is 0. The van der Waals surface area contributed by atoms with Crippen LogP contribution < -0.4 is 0 Å². The van der Waals surface area contributed by atoms with E-state index in [9.17, 15) is 9.90 Å². The van der Waals surface area contributed by atoms with Gasteiger partial charge in [-0.2, -0.15) is 0 Å². The molecule has 1 saturated carbocycles. The summed E-state index contributed by atoms with van der Waals surface area (Å²) in [5.74, 6) is 0.184. The van der Waals surface area contributed by atoms with E-state index in [1.54, 1.807) is 0 Å². The first-order chi connectivity index (χ1) is 7.95. The highest BCUT2D eigenvalue weighted by Gasteiger charge is 2.48. The van der Waals surface area contributed by atoms with Crippen LogP contribution in [0.25, 0.3) is 0 Å². The molecule has 0 aromatic heterocycles. The lowest BCUT2D eigenvalue weighted by Crippen LogP contribution is -2.59.